The molecule has 4 rings (SSSR count). The van der Waals surface area contributed by atoms with Crippen molar-refractivity contribution in [2.75, 3.05) is 16.8 Å². The predicted molar refractivity (Wildman–Crippen MR) is 152 cm³/mol. The van der Waals surface area contributed by atoms with Crippen LogP contribution in [0.3, 0.4) is 0 Å². The van der Waals surface area contributed by atoms with Crippen LogP contribution in [0, 0.1) is 5.92 Å². The summed E-state index contributed by atoms with van der Waals surface area (Å²) in [5.41, 5.74) is 2.12. The van der Waals surface area contributed by atoms with Gasteiger partial charge in [0.05, 0.1) is 11.3 Å². The van der Waals surface area contributed by atoms with Gasteiger partial charge in [0.15, 0.2) is 5.03 Å². The van der Waals surface area contributed by atoms with Crippen molar-refractivity contribution in [1.82, 2.24) is 14.7 Å². The van der Waals surface area contributed by atoms with Crippen LogP contribution < -0.4 is 14.9 Å². The van der Waals surface area contributed by atoms with Gasteiger partial charge in [0, 0.05) is 29.5 Å². The summed E-state index contributed by atoms with van der Waals surface area (Å²) in [6, 6.07) is 13.2. The molecule has 1 amide bonds. The number of rotatable bonds is 8. The van der Waals surface area contributed by atoms with Crippen LogP contribution in [0.5, 0.6) is 0 Å². The SMILES string of the molecule is C=Nc1cccc(Nc2cccc(S(=O)(=O)NC(=O)c3cccnc3N3CC(C)CC3(C)C)n2)c1/C=C\C. The largest absolute Gasteiger partial charge is 0.351 e. The average Bonchev–Trinajstić information content (AvgIpc) is 3.16. The Labute approximate surface area is 223 Å². The van der Waals surface area contributed by atoms with E-state index in [1.807, 2.05) is 37.3 Å². The molecule has 0 saturated carbocycles. The maximum absolute atomic E-state index is 13.2. The van der Waals surface area contributed by atoms with E-state index < -0.39 is 15.9 Å². The molecule has 1 aliphatic heterocycles. The number of anilines is 3. The van der Waals surface area contributed by atoms with Crippen molar-refractivity contribution in [2.24, 2.45) is 10.9 Å². The maximum atomic E-state index is 13.2. The Balaban J connectivity index is 1.60. The van der Waals surface area contributed by atoms with Crippen LogP contribution >= 0.6 is 0 Å². The van der Waals surface area contributed by atoms with E-state index in [0.717, 1.165) is 18.5 Å². The number of carbonyl (C=O) groups is 1. The molecule has 1 aliphatic rings. The highest BCUT2D eigenvalue weighted by atomic mass is 32.2. The fourth-order valence-corrected chi connectivity index (χ4v) is 5.83. The van der Waals surface area contributed by atoms with Gasteiger partial charge in [-0.1, -0.05) is 31.2 Å². The lowest BCUT2D eigenvalue weighted by atomic mass is 9.97. The molecule has 0 aliphatic carbocycles. The van der Waals surface area contributed by atoms with Crippen LogP contribution in [0.2, 0.25) is 0 Å². The number of sulfonamides is 1. The van der Waals surface area contributed by atoms with Gasteiger partial charge in [-0.3, -0.25) is 9.79 Å². The molecular formula is C28H32N6O3S. The minimum atomic E-state index is -4.27. The van der Waals surface area contributed by atoms with Gasteiger partial charge in [-0.15, -0.1) is 0 Å². The average molecular weight is 533 g/mol. The molecule has 2 N–H and O–H groups in total. The molecule has 38 heavy (non-hydrogen) atoms. The fourth-order valence-electron chi connectivity index (χ4n) is 4.89. The van der Waals surface area contributed by atoms with Crippen molar-refractivity contribution in [3.8, 4) is 0 Å². The molecule has 9 nitrogen and oxygen atoms in total. The third-order valence-electron chi connectivity index (χ3n) is 6.44. The zero-order valence-corrected chi connectivity index (χ0v) is 22.8. The molecular weight excluding hydrogens is 500 g/mol. The van der Waals surface area contributed by atoms with Crippen LogP contribution in [0.15, 0.2) is 70.8 Å². The zero-order valence-electron chi connectivity index (χ0n) is 22.0. The number of carbonyl (C=O) groups excluding carboxylic acids is 1. The van der Waals surface area contributed by atoms with Crippen molar-refractivity contribution >= 4 is 51.7 Å². The summed E-state index contributed by atoms with van der Waals surface area (Å²) in [6.07, 6.45) is 6.29. The smallest absolute Gasteiger partial charge is 0.281 e. The molecule has 1 saturated heterocycles. The van der Waals surface area contributed by atoms with Crippen molar-refractivity contribution in [2.45, 2.75) is 44.7 Å². The molecule has 3 aromatic rings. The maximum Gasteiger partial charge on any atom is 0.281 e. The summed E-state index contributed by atoms with van der Waals surface area (Å²) < 4.78 is 28.6. The van der Waals surface area contributed by atoms with Gasteiger partial charge in [0.2, 0.25) is 0 Å². The Kier molecular flexibility index (Phi) is 7.63. The number of aromatic nitrogens is 2. The number of benzene rings is 1. The lowest BCUT2D eigenvalue weighted by Gasteiger charge is -2.33. The van der Waals surface area contributed by atoms with Gasteiger partial charge in [-0.05, 0) is 76.2 Å². The minimum Gasteiger partial charge on any atom is -0.351 e. The predicted octanol–water partition coefficient (Wildman–Crippen LogP) is 5.33. The monoisotopic (exact) mass is 532 g/mol. The minimum absolute atomic E-state index is 0.192. The highest BCUT2D eigenvalue weighted by Crippen LogP contribution is 2.37. The Morgan fingerprint density at radius 1 is 1.18 bits per heavy atom. The Morgan fingerprint density at radius 2 is 1.95 bits per heavy atom. The Morgan fingerprint density at radius 3 is 2.63 bits per heavy atom. The van der Waals surface area contributed by atoms with E-state index in [0.29, 0.717) is 28.9 Å². The summed E-state index contributed by atoms with van der Waals surface area (Å²) in [6.45, 7) is 12.6. The lowest BCUT2D eigenvalue weighted by Crippen LogP contribution is -2.41. The standard InChI is InChI=1S/C28H32N6O3S/c1-6-10-20-22(29-5)12-7-13-23(20)31-24-14-8-15-25(32-24)38(36,37)33-27(35)21-11-9-16-30-26(21)34-18-19(2)17-28(34,3)4/h6-16,19H,5,17-18H2,1-4H3,(H,31,32)(H,33,35)/b10-6-. The number of aliphatic imine (C=N–C) groups is 1. The summed E-state index contributed by atoms with van der Waals surface area (Å²) >= 11 is 0. The van der Waals surface area contributed by atoms with Gasteiger partial charge in [-0.2, -0.15) is 8.42 Å². The molecule has 3 heterocycles. The second kappa shape index (κ2) is 10.7. The molecule has 1 atom stereocenters. The van der Waals surface area contributed by atoms with Crippen LogP contribution in [0.25, 0.3) is 6.08 Å². The van der Waals surface area contributed by atoms with Gasteiger partial charge >= 0.3 is 0 Å². The quantitative estimate of drug-likeness (QED) is 0.377. The molecule has 1 unspecified atom stereocenters. The second-order valence-corrected chi connectivity index (χ2v) is 11.6. The Hall–Kier alpha value is -4.05. The lowest BCUT2D eigenvalue weighted by molar-refractivity contribution is 0.0981. The molecule has 1 aromatic carbocycles. The second-order valence-electron chi connectivity index (χ2n) is 9.92. The third-order valence-corrected chi connectivity index (χ3v) is 7.67. The first-order chi connectivity index (χ1) is 18.1. The summed E-state index contributed by atoms with van der Waals surface area (Å²) in [5.74, 6) is 0.415. The van der Waals surface area contributed by atoms with Gasteiger partial charge in [0.1, 0.15) is 11.6 Å². The van der Waals surface area contributed by atoms with Gasteiger partial charge in [0.25, 0.3) is 15.9 Å². The topological polar surface area (TPSA) is 117 Å². The van der Waals surface area contributed by atoms with Crippen LogP contribution in [-0.4, -0.2) is 43.1 Å². The number of nitrogens with one attached hydrogen (secondary N) is 2. The Bertz CT molecular complexity index is 1500. The van der Waals surface area contributed by atoms with Crippen molar-refractivity contribution < 1.29 is 13.2 Å². The molecule has 0 spiro atoms. The number of amides is 1. The van der Waals surface area contributed by atoms with Crippen LogP contribution in [0.1, 0.15) is 50.0 Å². The van der Waals surface area contributed by atoms with E-state index in [1.165, 1.54) is 6.07 Å². The highest BCUT2D eigenvalue weighted by molar-refractivity contribution is 7.90. The number of pyridine rings is 2. The van der Waals surface area contributed by atoms with E-state index in [2.05, 4.69) is 57.4 Å². The van der Waals surface area contributed by atoms with Crippen molar-refractivity contribution in [1.29, 1.82) is 0 Å². The summed E-state index contributed by atoms with van der Waals surface area (Å²) in [4.78, 5) is 28.1. The molecule has 0 bridgehead atoms. The molecule has 1 fully saturated rings. The molecule has 198 valence electrons. The van der Waals surface area contributed by atoms with Gasteiger partial charge < -0.3 is 10.2 Å². The first kappa shape index (κ1) is 27.0. The summed E-state index contributed by atoms with van der Waals surface area (Å²) in [5, 5.41) is 2.86. The van der Waals surface area contributed by atoms with E-state index in [1.54, 1.807) is 30.5 Å². The van der Waals surface area contributed by atoms with E-state index in [4.69, 9.17) is 0 Å². The molecule has 0 radical (unpaired) electrons. The molecule has 10 heteroatoms. The normalized spacial score (nSPS) is 16.9. The summed E-state index contributed by atoms with van der Waals surface area (Å²) in [7, 11) is -4.27. The van der Waals surface area contributed by atoms with Crippen LogP contribution in [0.4, 0.5) is 23.0 Å². The zero-order chi connectivity index (χ0) is 27.5. The number of hydrogen-bond donors (Lipinski definition) is 2. The molecule has 2 aromatic heterocycles. The van der Waals surface area contributed by atoms with Crippen LogP contribution in [-0.2, 0) is 10.0 Å². The van der Waals surface area contributed by atoms with Crippen molar-refractivity contribution in [3.63, 3.8) is 0 Å². The first-order valence-corrected chi connectivity index (χ1v) is 13.8. The van der Waals surface area contributed by atoms with E-state index >= 15 is 0 Å². The highest BCUT2D eigenvalue weighted by Gasteiger charge is 2.39. The van der Waals surface area contributed by atoms with E-state index in [9.17, 15) is 13.2 Å². The van der Waals surface area contributed by atoms with E-state index in [-0.39, 0.29) is 16.1 Å². The number of nitrogens with zero attached hydrogens (tertiary/aromatic N) is 4. The van der Waals surface area contributed by atoms with Gasteiger partial charge in [-0.25, -0.2) is 14.7 Å². The third kappa shape index (κ3) is 5.60. The van der Waals surface area contributed by atoms with Crippen molar-refractivity contribution in [3.05, 3.63) is 71.9 Å². The number of allylic oxidation sites excluding steroid dienone is 1. The first-order valence-electron chi connectivity index (χ1n) is 12.3. The fraction of sp³-hybridized carbons (Fsp3) is 0.286. The number of hydrogen-bond acceptors (Lipinski definition) is 8.